The fourth-order valence-corrected chi connectivity index (χ4v) is 5.06. The van der Waals surface area contributed by atoms with Gasteiger partial charge >= 0.3 is 0 Å². The Balaban J connectivity index is 1.46. The summed E-state index contributed by atoms with van der Waals surface area (Å²) in [5.74, 6) is -0.768. The zero-order valence-corrected chi connectivity index (χ0v) is 21.6. The van der Waals surface area contributed by atoms with Crippen molar-refractivity contribution in [3.63, 3.8) is 0 Å². The fraction of sp³-hybridized carbons (Fsp3) is 0.179. The van der Waals surface area contributed by atoms with Crippen LogP contribution >= 0.6 is 23.8 Å². The van der Waals surface area contributed by atoms with Crippen molar-refractivity contribution >= 4 is 40.5 Å². The number of nitrogens with one attached hydrogen (secondary N) is 2. The molecule has 2 aromatic heterocycles. The van der Waals surface area contributed by atoms with Crippen molar-refractivity contribution in [1.82, 2.24) is 19.8 Å². The number of aryl methyl sites for hydroxylation is 1. The largest absolute Gasteiger partial charge is 0.352 e. The minimum Gasteiger partial charge on any atom is -0.352 e. The van der Waals surface area contributed by atoms with Gasteiger partial charge in [0.2, 0.25) is 5.91 Å². The van der Waals surface area contributed by atoms with Crippen LogP contribution in [-0.2, 0) is 4.79 Å². The summed E-state index contributed by atoms with van der Waals surface area (Å²) in [6.45, 7) is 2.31. The van der Waals surface area contributed by atoms with E-state index in [2.05, 4.69) is 20.2 Å². The molecule has 0 spiro atoms. The second-order valence-corrected chi connectivity index (χ2v) is 9.63. The molecule has 0 radical (unpaired) electrons. The zero-order chi connectivity index (χ0) is 25.9. The third kappa shape index (κ3) is 5.21. The van der Waals surface area contributed by atoms with E-state index >= 15 is 0 Å². The van der Waals surface area contributed by atoms with Crippen LogP contribution in [0.4, 0.5) is 10.1 Å². The molecule has 6 nitrogen and oxygen atoms in total. The zero-order valence-electron chi connectivity index (χ0n) is 20.1. The quantitative estimate of drug-likeness (QED) is 0.286. The van der Waals surface area contributed by atoms with E-state index in [1.807, 2.05) is 66.6 Å². The van der Waals surface area contributed by atoms with Crippen molar-refractivity contribution in [3.8, 4) is 5.69 Å². The standard InChI is InChI=1S/C28H25ClFN5OS/c1-18-17-19(11-12-20(18)29)34-15-6-10-24(34)27-26(23-9-4-5-14-31-23)33-28(37)35(27)16-13-25(36)32-22-8-3-2-7-21(22)30/h2-12,14-15,17,26-27H,13,16H2,1H3,(H,32,36)(H,33,37)/t26-,27+/m1/s1. The van der Waals surface area contributed by atoms with E-state index in [1.54, 1.807) is 18.3 Å². The summed E-state index contributed by atoms with van der Waals surface area (Å²) in [5.41, 5.74) is 3.93. The van der Waals surface area contributed by atoms with E-state index in [-0.39, 0.29) is 30.1 Å². The minimum absolute atomic E-state index is 0.127. The predicted octanol–water partition coefficient (Wildman–Crippen LogP) is 5.97. The molecule has 3 heterocycles. The van der Waals surface area contributed by atoms with Gasteiger partial charge in [0.1, 0.15) is 5.82 Å². The Kier molecular flexibility index (Phi) is 7.21. The van der Waals surface area contributed by atoms with Gasteiger partial charge in [-0.05, 0) is 79.3 Å². The monoisotopic (exact) mass is 533 g/mol. The number of pyridine rings is 1. The molecule has 1 amide bonds. The summed E-state index contributed by atoms with van der Waals surface area (Å²) >= 11 is 12.0. The molecule has 2 aromatic carbocycles. The van der Waals surface area contributed by atoms with Crippen LogP contribution in [0.2, 0.25) is 5.02 Å². The molecule has 1 fully saturated rings. The first-order valence-electron chi connectivity index (χ1n) is 11.9. The molecule has 0 unspecified atom stereocenters. The molecule has 0 aliphatic carbocycles. The molecule has 1 aliphatic heterocycles. The number of hydrogen-bond donors (Lipinski definition) is 2. The lowest BCUT2D eigenvalue weighted by Gasteiger charge is -2.29. The van der Waals surface area contributed by atoms with Crippen LogP contribution in [0.3, 0.4) is 0 Å². The van der Waals surface area contributed by atoms with Crippen molar-refractivity contribution in [3.05, 3.63) is 113 Å². The van der Waals surface area contributed by atoms with Gasteiger partial charge in [-0.1, -0.05) is 29.8 Å². The van der Waals surface area contributed by atoms with Crippen LogP contribution in [-0.4, -0.2) is 32.0 Å². The van der Waals surface area contributed by atoms with Gasteiger partial charge in [-0.3, -0.25) is 9.78 Å². The Morgan fingerprint density at radius 3 is 2.70 bits per heavy atom. The van der Waals surface area contributed by atoms with Crippen LogP contribution < -0.4 is 10.6 Å². The van der Waals surface area contributed by atoms with Crippen LogP contribution in [0.5, 0.6) is 0 Å². The number of amides is 1. The first-order valence-corrected chi connectivity index (χ1v) is 12.7. The first kappa shape index (κ1) is 24.9. The summed E-state index contributed by atoms with van der Waals surface area (Å²) in [7, 11) is 0. The normalized spacial score (nSPS) is 17.1. The van der Waals surface area contributed by atoms with E-state index in [4.69, 9.17) is 23.8 Å². The van der Waals surface area contributed by atoms with E-state index in [0.717, 1.165) is 22.6 Å². The van der Waals surface area contributed by atoms with E-state index < -0.39 is 5.82 Å². The number of halogens is 2. The van der Waals surface area contributed by atoms with E-state index in [9.17, 15) is 9.18 Å². The van der Waals surface area contributed by atoms with E-state index in [1.165, 1.54) is 12.1 Å². The van der Waals surface area contributed by atoms with Crippen LogP contribution in [0.15, 0.2) is 85.2 Å². The summed E-state index contributed by atoms with van der Waals surface area (Å²) in [5, 5.41) is 7.30. The molecular weight excluding hydrogens is 509 g/mol. The average Bonchev–Trinajstić information content (AvgIpc) is 3.50. The lowest BCUT2D eigenvalue weighted by Crippen LogP contribution is -2.33. The molecule has 9 heteroatoms. The van der Waals surface area contributed by atoms with Crippen molar-refractivity contribution in [1.29, 1.82) is 0 Å². The second-order valence-electron chi connectivity index (χ2n) is 8.83. The SMILES string of the molecule is Cc1cc(-n2cccc2[C@H]2[C@@H](c3ccccn3)NC(=S)N2CCC(=O)Nc2ccccc2F)ccc1Cl. The van der Waals surface area contributed by atoms with Gasteiger partial charge in [0.25, 0.3) is 0 Å². The van der Waals surface area contributed by atoms with Gasteiger partial charge in [-0.2, -0.15) is 0 Å². The Labute approximate surface area is 225 Å². The Hall–Kier alpha value is -3.75. The highest BCUT2D eigenvalue weighted by atomic mass is 35.5. The fourth-order valence-electron chi connectivity index (χ4n) is 4.61. The van der Waals surface area contributed by atoms with Gasteiger partial charge in [-0.15, -0.1) is 0 Å². The third-order valence-electron chi connectivity index (χ3n) is 6.43. The van der Waals surface area contributed by atoms with Crippen LogP contribution in [0.25, 0.3) is 5.69 Å². The average molecular weight is 534 g/mol. The summed E-state index contributed by atoms with van der Waals surface area (Å²) in [6, 6.07) is 21.3. The molecule has 0 saturated carbocycles. The number of thiocarbonyl (C=S) groups is 1. The molecule has 2 atom stereocenters. The van der Waals surface area contributed by atoms with Crippen molar-refractivity contribution in [2.75, 3.05) is 11.9 Å². The highest BCUT2D eigenvalue weighted by molar-refractivity contribution is 7.80. The maximum atomic E-state index is 14.0. The number of para-hydroxylation sites is 1. The number of anilines is 1. The topological polar surface area (TPSA) is 62.2 Å². The highest BCUT2D eigenvalue weighted by Gasteiger charge is 2.41. The number of hydrogen-bond acceptors (Lipinski definition) is 3. The number of carbonyl (C=O) groups excluding carboxylic acids is 1. The Bertz CT molecular complexity index is 1440. The van der Waals surface area contributed by atoms with Crippen molar-refractivity contribution < 1.29 is 9.18 Å². The number of benzene rings is 2. The molecule has 188 valence electrons. The number of rotatable bonds is 7. The first-order chi connectivity index (χ1) is 17.9. The smallest absolute Gasteiger partial charge is 0.226 e. The minimum atomic E-state index is -0.474. The lowest BCUT2D eigenvalue weighted by molar-refractivity contribution is -0.116. The number of nitrogens with zero attached hydrogens (tertiary/aromatic N) is 3. The van der Waals surface area contributed by atoms with Gasteiger partial charge < -0.3 is 20.1 Å². The van der Waals surface area contributed by atoms with Gasteiger partial charge in [0.15, 0.2) is 5.11 Å². The number of carbonyl (C=O) groups is 1. The summed E-state index contributed by atoms with van der Waals surface area (Å²) in [6.07, 6.45) is 3.88. The van der Waals surface area contributed by atoms with E-state index in [0.29, 0.717) is 16.7 Å². The summed E-state index contributed by atoms with van der Waals surface area (Å²) in [4.78, 5) is 19.3. The molecule has 5 rings (SSSR count). The van der Waals surface area contributed by atoms with Gasteiger partial charge in [0, 0.05) is 41.8 Å². The van der Waals surface area contributed by atoms with Crippen molar-refractivity contribution in [2.45, 2.75) is 25.4 Å². The highest BCUT2D eigenvalue weighted by Crippen LogP contribution is 2.39. The molecule has 37 heavy (non-hydrogen) atoms. The van der Waals surface area contributed by atoms with Crippen LogP contribution in [0, 0.1) is 12.7 Å². The Morgan fingerprint density at radius 1 is 1.14 bits per heavy atom. The van der Waals surface area contributed by atoms with Crippen LogP contribution in [0.1, 0.15) is 35.5 Å². The molecule has 1 aliphatic rings. The van der Waals surface area contributed by atoms with Gasteiger partial charge in [-0.25, -0.2) is 4.39 Å². The van der Waals surface area contributed by atoms with Crippen molar-refractivity contribution in [2.24, 2.45) is 0 Å². The third-order valence-corrected chi connectivity index (χ3v) is 7.20. The molecule has 4 aromatic rings. The molecule has 0 bridgehead atoms. The predicted molar refractivity (Wildman–Crippen MR) is 147 cm³/mol. The Morgan fingerprint density at radius 2 is 1.95 bits per heavy atom. The second kappa shape index (κ2) is 10.7. The summed E-state index contributed by atoms with van der Waals surface area (Å²) < 4.78 is 16.1. The van der Waals surface area contributed by atoms with Gasteiger partial charge in [0.05, 0.1) is 23.5 Å². The molecular formula is C28H25ClFN5OS. The molecule has 1 saturated heterocycles. The maximum absolute atomic E-state index is 14.0. The number of aromatic nitrogens is 2. The molecule has 2 N–H and O–H groups in total. The lowest BCUT2D eigenvalue weighted by atomic mass is 10.0. The maximum Gasteiger partial charge on any atom is 0.226 e.